The lowest BCUT2D eigenvalue weighted by molar-refractivity contribution is -0.0660. The molecule has 3 rings (SSSR count). The molecule has 2 amide bonds. The second kappa shape index (κ2) is 8.67. The second-order valence-corrected chi connectivity index (χ2v) is 8.64. The van der Waals surface area contributed by atoms with Crippen molar-refractivity contribution in [1.82, 2.24) is 10.2 Å². The molecule has 0 radical (unpaired) electrons. The Morgan fingerprint density at radius 3 is 2.24 bits per heavy atom. The highest BCUT2D eigenvalue weighted by Crippen LogP contribution is 2.35. The van der Waals surface area contributed by atoms with Gasteiger partial charge in [0.15, 0.2) is 0 Å². The van der Waals surface area contributed by atoms with Crippen LogP contribution in [-0.2, 0) is 4.74 Å². The Balaban J connectivity index is 1.78. The van der Waals surface area contributed by atoms with Gasteiger partial charge in [-0.3, -0.25) is 0 Å². The van der Waals surface area contributed by atoms with Gasteiger partial charge in [-0.05, 0) is 44.0 Å². The van der Waals surface area contributed by atoms with Crippen LogP contribution in [0.4, 0.5) is 13.6 Å². The molecule has 2 aromatic rings. The maximum Gasteiger partial charge on any atom is 0.317 e. The smallest absolute Gasteiger partial charge is 0.317 e. The highest BCUT2D eigenvalue weighted by Gasteiger charge is 2.36. The maximum absolute atomic E-state index is 13.6. The minimum atomic E-state index is -2.61. The van der Waals surface area contributed by atoms with Crippen LogP contribution in [0.1, 0.15) is 50.0 Å². The van der Waals surface area contributed by atoms with E-state index in [1.807, 2.05) is 20.8 Å². The minimum Gasteiger partial charge on any atom is -0.362 e. The van der Waals surface area contributed by atoms with E-state index in [2.05, 4.69) is 5.32 Å². The first-order valence-electron chi connectivity index (χ1n) is 9.49. The molecular formula is C22H25ClF2N2O2. The summed E-state index contributed by atoms with van der Waals surface area (Å²) in [5.41, 5.74) is 0.766. The lowest BCUT2D eigenvalue weighted by Gasteiger charge is -2.42. The van der Waals surface area contributed by atoms with Gasteiger partial charge in [0.25, 0.3) is 6.43 Å². The SMILES string of the molecule is CC(C)(C)NC(=O)N1CC(OC(c2ccc(Cl)cc2)c2ccccc2C(F)F)C1. The molecule has 1 atom stereocenters. The van der Waals surface area contributed by atoms with Crippen molar-refractivity contribution in [3.05, 3.63) is 70.2 Å². The first-order valence-corrected chi connectivity index (χ1v) is 9.87. The molecule has 1 aliphatic rings. The lowest BCUT2D eigenvalue weighted by atomic mass is 9.96. The van der Waals surface area contributed by atoms with Crippen LogP contribution in [0.15, 0.2) is 48.5 Å². The van der Waals surface area contributed by atoms with Gasteiger partial charge < -0.3 is 15.0 Å². The van der Waals surface area contributed by atoms with Crippen LogP contribution in [-0.4, -0.2) is 35.7 Å². The Kier molecular flexibility index (Phi) is 6.44. The number of rotatable bonds is 5. The third kappa shape index (κ3) is 5.46. The van der Waals surface area contributed by atoms with Crippen molar-refractivity contribution < 1.29 is 18.3 Å². The fourth-order valence-electron chi connectivity index (χ4n) is 3.20. The molecule has 0 spiro atoms. The fourth-order valence-corrected chi connectivity index (χ4v) is 3.33. The molecule has 4 nitrogen and oxygen atoms in total. The highest BCUT2D eigenvalue weighted by atomic mass is 35.5. The molecular weight excluding hydrogens is 398 g/mol. The molecule has 1 heterocycles. The number of nitrogens with one attached hydrogen (secondary N) is 1. The largest absolute Gasteiger partial charge is 0.362 e. The van der Waals surface area contributed by atoms with Gasteiger partial charge in [0, 0.05) is 16.1 Å². The molecule has 1 fully saturated rings. The molecule has 0 saturated carbocycles. The Bertz CT molecular complexity index is 847. The Labute approximate surface area is 174 Å². The summed E-state index contributed by atoms with van der Waals surface area (Å²) < 4.78 is 33.4. The number of likely N-dealkylation sites (tertiary alicyclic amines) is 1. The summed E-state index contributed by atoms with van der Waals surface area (Å²) in [5.74, 6) is 0. The van der Waals surface area contributed by atoms with Crippen molar-refractivity contribution in [2.24, 2.45) is 0 Å². The molecule has 1 saturated heterocycles. The summed E-state index contributed by atoms with van der Waals surface area (Å²) in [6.45, 7) is 6.55. The van der Waals surface area contributed by atoms with Crippen LogP contribution in [0.3, 0.4) is 0 Å². The molecule has 2 aromatic carbocycles. The average Bonchev–Trinajstić information content (AvgIpc) is 2.60. The van der Waals surface area contributed by atoms with Crippen molar-refractivity contribution in [2.45, 2.75) is 44.9 Å². The van der Waals surface area contributed by atoms with Gasteiger partial charge in [-0.25, -0.2) is 13.6 Å². The third-order valence-corrected chi connectivity index (χ3v) is 4.88. The second-order valence-electron chi connectivity index (χ2n) is 8.20. The van der Waals surface area contributed by atoms with Crippen molar-refractivity contribution in [2.75, 3.05) is 13.1 Å². The standard InChI is InChI=1S/C22H25ClF2N2O2/c1-22(2,3)26-21(28)27-12-16(13-27)29-19(14-8-10-15(23)11-9-14)17-6-4-5-7-18(17)20(24)25/h4-11,16,19-20H,12-13H2,1-3H3,(H,26,28). The number of nitrogens with zero attached hydrogens (tertiary/aromatic N) is 1. The number of ether oxygens (including phenoxy) is 1. The van der Waals surface area contributed by atoms with Gasteiger partial charge in [0.2, 0.25) is 0 Å². The molecule has 29 heavy (non-hydrogen) atoms. The van der Waals surface area contributed by atoms with E-state index in [-0.39, 0.29) is 23.2 Å². The molecule has 1 N–H and O–H groups in total. The molecule has 1 aliphatic heterocycles. The summed E-state index contributed by atoms with van der Waals surface area (Å²) in [4.78, 5) is 13.9. The quantitative estimate of drug-likeness (QED) is 0.683. The molecule has 7 heteroatoms. The molecule has 156 valence electrons. The molecule has 0 aliphatic carbocycles. The zero-order chi connectivity index (χ0) is 21.2. The zero-order valence-corrected chi connectivity index (χ0v) is 17.4. The zero-order valence-electron chi connectivity index (χ0n) is 16.7. The average molecular weight is 423 g/mol. The predicted octanol–water partition coefficient (Wildman–Crippen LogP) is 5.58. The topological polar surface area (TPSA) is 41.6 Å². The van der Waals surface area contributed by atoms with Crippen molar-refractivity contribution in [3.8, 4) is 0 Å². The Morgan fingerprint density at radius 2 is 1.69 bits per heavy atom. The normalized spacial score (nSPS) is 15.9. The number of urea groups is 1. The molecule has 0 bridgehead atoms. The summed E-state index contributed by atoms with van der Waals surface area (Å²) in [7, 11) is 0. The van der Waals surface area contributed by atoms with Crippen LogP contribution in [0.25, 0.3) is 0 Å². The van der Waals surface area contributed by atoms with Gasteiger partial charge >= 0.3 is 6.03 Å². The third-order valence-electron chi connectivity index (χ3n) is 4.63. The lowest BCUT2D eigenvalue weighted by Crippen LogP contribution is -2.60. The van der Waals surface area contributed by atoms with E-state index in [1.54, 1.807) is 47.4 Å². The van der Waals surface area contributed by atoms with Crippen LogP contribution >= 0.6 is 11.6 Å². The van der Waals surface area contributed by atoms with Gasteiger partial charge in [0.05, 0.1) is 19.2 Å². The molecule has 1 unspecified atom stereocenters. The van der Waals surface area contributed by atoms with E-state index in [0.717, 1.165) is 5.56 Å². The number of halogens is 3. The van der Waals surface area contributed by atoms with Crippen LogP contribution in [0, 0.1) is 0 Å². The molecule has 0 aromatic heterocycles. The van der Waals surface area contributed by atoms with Crippen LogP contribution in [0.2, 0.25) is 5.02 Å². The van der Waals surface area contributed by atoms with E-state index in [0.29, 0.717) is 23.7 Å². The minimum absolute atomic E-state index is 0.0610. The monoisotopic (exact) mass is 422 g/mol. The summed E-state index contributed by atoms with van der Waals surface area (Å²) in [6, 6.07) is 13.2. The Morgan fingerprint density at radius 1 is 1.10 bits per heavy atom. The van der Waals surface area contributed by atoms with Gasteiger partial charge in [-0.2, -0.15) is 0 Å². The number of alkyl halides is 2. The van der Waals surface area contributed by atoms with Gasteiger partial charge in [0.1, 0.15) is 6.10 Å². The first kappa shape index (κ1) is 21.5. The number of hydrogen-bond acceptors (Lipinski definition) is 2. The summed E-state index contributed by atoms with van der Waals surface area (Å²) in [5, 5.41) is 3.46. The fraction of sp³-hybridized carbons (Fsp3) is 0.409. The van der Waals surface area contributed by atoms with Crippen molar-refractivity contribution in [3.63, 3.8) is 0 Å². The van der Waals surface area contributed by atoms with Gasteiger partial charge in [-0.1, -0.05) is 48.0 Å². The van der Waals surface area contributed by atoms with Crippen molar-refractivity contribution >= 4 is 17.6 Å². The summed E-state index contributed by atoms with van der Waals surface area (Å²) in [6.07, 6.45) is -3.53. The van der Waals surface area contributed by atoms with E-state index < -0.39 is 12.5 Å². The van der Waals surface area contributed by atoms with E-state index in [4.69, 9.17) is 16.3 Å². The van der Waals surface area contributed by atoms with Crippen LogP contribution < -0.4 is 5.32 Å². The number of carbonyl (C=O) groups excluding carboxylic acids is 1. The maximum atomic E-state index is 13.6. The number of carbonyl (C=O) groups is 1. The van der Waals surface area contributed by atoms with E-state index >= 15 is 0 Å². The van der Waals surface area contributed by atoms with E-state index in [1.165, 1.54) is 6.07 Å². The number of amides is 2. The van der Waals surface area contributed by atoms with Crippen molar-refractivity contribution in [1.29, 1.82) is 0 Å². The van der Waals surface area contributed by atoms with Crippen LogP contribution in [0.5, 0.6) is 0 Å². The number of hydrogen-bond donors (Lipinski definition) is 1. The predicted molar refractivity (Wildman–Crippen MR) is 109 cm³/mol. The van der Waals surface area contributed by atoms with E-state index in [9.17, 15) is 13.6 Å². The van der Waals surface area contributed by atoms with Gasteiger partial charge in [-0.15, -0.1) is 0 Å². The number of benzene rings is 2. The first-order chi connectivity index (χ1) is 13.6. The Hall–Kier alpha value is -2.18. The highest BCUT2D eigenvalue weighted by molar-refractivity contribution is 6.30. The summed E-state index contributed by atoms with van der Waals surface area (Å²) >= 11 is 5.98.